The Bertz CT molecular complexity index is 700. The fourth-order valence-electron chi connectivity index (χ4n) is 2.06. The van der Waals surface area contributed by atoms with Crippen molar-refractivity contribution in [2.45, 2.75) is 25.3 Å². The number of halogens is 1. The average molecular weight is 377 g/mol. The van der Waals surface area contributed by atoms with Crippen molar-refractivity contribution in [1.29, 1.82) is 0 Å². The molecular weight excluding hydrogens is 360 g/mol. The van der Waals surface area contributed by atoms with Gasteiger partial charge >= 0.3 is 0 Å². The summed E-state index contributed by atoms with van der Waals surface area (Å²) in [5.74, 6) is 0.535. The van der Waals surface area contributed by atoms with Crippen molar-refractivity contribution in [1.82, 2.24) is 9.97 Å². The van der Waals surface area contributed by atoms with Crippen LogP contribution >= 0.6 is 27.3 Å². The first-order chi connectivity index (χ1) is 10.7. The van der Waals surface area contributed by atoms with Crippen LogP contribution in [0.2, 0.25) is 0 Å². The number of anilines is 2. The third-order valence-electron chi connectivity index (χ3n) is 3.51. The number of hydrogen-bond donors (Lipinski definition) is 2. The number of pyridine rings is 1. The van der Waals surface area contributed by atoms with Crippen LogP contribution in [0.25, 0.3) is 10.2 Å². The second-order valence-corrected chi connectivity index (χ2v) is 7.01. The molecule has 1 aromatic carbocycles. The lowest BCUT2D eigenvalue weighted by Crippen LogP contribution is -2.26. The second-order valence-electron chi connectivity index (χ2n) is 5.13. The number of benzene rings is 1. The van der Waals surface area contributed by atoms with Crippen molar-refractivity contribution >= 4 is 48.4 Å². The Balaban J connectivity index is 0.000000154. The van der Waals surface area contributed by atoms with Crippen LogP contribution < -0.4 is 11.1 Å². The van der Waals surface area contributed by atoms with Gasteiger partial charge < -0.3 is 11.1 Å². The number of nitrogens with two attached hydrogens (primary N) is 1. The summed E-state index contributed by atoms with van der Waals surface area (Å²) in [5, 5.41) is 4.55. The molecule has 1 saturated carbocycles. The Labute approximate surface area is 141 Å². The van der Waals surface area contributed by atoms with Gasteiger partial charge in [-0.2, -0.15) is 0 Å². The van der Waals surface area contributed by atoms with E-state index in [2.05, 4.69) is 49.4 Å². The summed E-state index contributed by atoms with van der Waals surface area (Å²) < 4.78 is 2.12. The molecule has 4 nitrogen and oxygen atoms in total. The molecule has 114 valence electrons. The minimum atomic E-state index is 0.535. The van der Waals surface area contributed by atoms with E-state index < -0.39 is 0 Å². The van der Waals surface area contributed by atoms with E-state index in [1.54, 1.807) is 17.5 Å². The molecule has 6 heteroatoms. The van der Waals surface area contributed by atoms with E-state index in [4.69, 9.17) is 5.73 Å². The molecule has 0 bridgehead atoms. The molecule has 1 aliphatic rings. The first-order valence-electron chi connectivity index (χ1n) is 7.20. The zero-order chi connectivity index (χ0) is 15.4. The first-order valence-corrected chi connectivity index (χ1v) is 8.81. The number of nitrogens with zero attached hydrogens (tertiary/aromatic N) is 2. The van der Waals surface area contributed by atoms with Gasteiger partial charge in [0.2, 0.25) is 0 Å². The molecule has 0 atom stereocenters. The van der Waals surface area contributed by atoms with Crippen molar-refractivity contribution in [3.63, 3.8) is 0 Å². The summed E-state index contributed by atoms with van der Waals surface area (Å²) in [6, 6.07) is 12.6. The number of rotatable bonds is 2. The van der Waals surface area contributed by atoms with Crippen LogP contribution in [0.4, 0.5) is 10.9 Å². The summed E-state index contributed by atoms with van der Waals surface area (Å²) in [6.45, 7) is 0. The average Bonchev–Trinajstić information content (AvgIpc) is 2.89. The fraction of sp³-hybridized carbons (Fsp3) is 0.250. The highest BCUT2D eigenvalue weighted by atomic mass is 79.9. The van der Waals surface area contributed by atoms with Gasteiger partial charge in [-0.15, -0.1) is 0 Å². The fourth-order valence-corrected chi connectivity index (χ4v) is 3.26. The van der Waals surface area contributed by atoms with Crippen LogP contribution in [0, 0.1) is 0 Å². The Morgan fingerprint density at radius 3 is 2.59 bits per heavy atom. The molecule has 0 radical (unpaired) electrons. The first kappa shape index (κ1) is 15.2. The molecule has 0 amide bonds. The highest BCUT2D eigenvalue weighted by molar-refractivity contribution is 9.10. The van der Waals surface area contributed by atoms with Gasteiger partial charge in [0.25, 0.3) is 0 Å². The van der Waals surface area contributed by atoms with E-state index in [0.29, 0.717) is 11.9 Å². The quantitative estimate of drug-likeness (QED) is 0.680. The largest absolute Gasteiger partial charge is 0.383 e. The highest BCUT2D eigenvalue weighted by Gasteiger charge is 2.18. The summed E-state index contributed by atoms with van der Waals surface area (Å²) in [7, 11) is 0. The Morgan fingerprint density at radius 2 is 2.00 bits per heavy atom. The van der Waals surface area contributed by atoms with Crippen molar-refractivity contribution < 1.29 is 0 Å². The van der Waals surface area contributed by atoms with E-state index >= 15 is 0 Å². The SMILES string of the molecule is Nc1ncccc1Br.c1ccc2sc(NC3CCC3)nc2c1. The monoisotopic (exact) mass is 376 g/mol. The number of thiazole rings is 1. The molecule has 0 aliphatic heterocycles. The normalized spacial score (nSPS) is 14.0. The number of fused-ring (bicyclic) bond motifs is 1. The molecule has 2 aromatic heterocycles. The van der Waals surface area contributed by atoms with E-state index in [9.17, 15) is 0 Å². The van der Waals surface area contributed by atoms with E-state index in [0.717, 1.165) is 15.1 Å². The summed E-state index contributed by atoms with van der Waals surface area (Å²) >= 11 is 4.96. The Kier molecular flexibility index (Phi) is 4.90. The molecule has 4 rings (SSSR count). The van der Waals surface area contributed by atoms with Crippen LogP contribution in [0.1, 0.15) is 19.3 Å². The van der Waals surface area contributed by atoms with Crippen LogP contribution in [-0.4, -0.2) is 16.0 Å². The number of aromatic nitrogens is 2. The van der Waals surface area contributed by atoms with Gasteiger partial charge in [0.05, 0.1) is 14.7 Å². The molecular formula is C16H17BrN4S. The molecule has 22 heavy (non-hydrogen) atoms. The lowest BCUT2D eigenvalue weighted by atomic mass is 9.93. The van der Waals surface area contributed by atoms with Gasteiger partial charge in [-0.3, -0.25) is 0 Å². The van der Waals surface area contributed by atoms with Gasteiger partial charge in [-0.25, -0.2) is 9.97 Å². The van der Waals surface area contributed by atoms with E-state index in [1.165, 1.54) is 24.0 Å². The Morgan fingerprint density at radius 1 is 1.18 bits per heavy atom. The summed E-state index contributed by atoms with van der Waals surface area (Å²) in [4.78, 5) is 8.35. The third-order valence-corrected chi connectivity index (χ3v) is 5.15. The smallest absolute Gasteiger partial charge is 0.184 e. The van der Waals surface area contributed by atoms with Crippen molar-refractivity contribution in [3.8, 4) is 0 Å². The van der Waals surface area contributed by atoms with Crippen LogP contribution in [0.15, 0.2) is 47.1 Å². The van der Waals surface area contributed by atoms with Crippen LogP contribution in [-0.2, 0) is 0 Å². The lowest BCUT2D eigenvalue weighted by molar-refractivity contribution is 0.445. The maximum Gasteiger partial charge on any atom is 0.184 e. The molecule has 1 fully saturated rings. The standard InChI is InChI=1S/C11H12N2S.C5H5BrN2/c1-2-7-10-9(6-1)13-11(14-10)12-8-4-3-5-8;6-4-2-1-3-8-5(4)7/h1-2,6-8H,3-5H2,(H,12,13);1-3H,(H2,7,8). The van der Waals surface area contributed by atoms with Gasteiger partial charge in [-0.1, -0.05) is 23.5 Å². The van der Waals surface area contributed by atoms with Crippen LogP contribution in [0.5, 0.6) is 0 Å². The third kappa shape index (κ3) is 3.75. The summed E-state index contributed by atoms with van der Waals surface area (Å²) in [5.41, 5.74) is 6.47. The minimum absolute atomic E-state index is 0.535. The maximum atomic E-state index is 5.36. The molecule has 0 unspecified atom stereocenters. The van der Waals surface area contributed by atoms with Gasteiger partial charge in [0, 0.05) is 12.2 Å². The van der Waals surface area contributed by atoms with Crippen LogP contribution in [0.3, 0.4) is 0 Å². The topological polar surface area (TPSA) is 63.8 Å². The number of nitrogens with one attached hydrogen (secondary N) is 1. The predicted molar refractivity (Wildman–Crippen MR) is 97.2 cm³/mol. The van der Waals surface area contributed by atoms with Gasteiger partial charge in [-0.05, 0) is 59.5 Å². The maximum absolute atomic E-state index is 5.36. The van der Waals surface area contributed by atoms with E-state index in [-0.39, 0.29) is 0 Å². The lowest BCUT2D eigenvalue weighted by Gasteiger charge is -2.25. The number of nitrogen functional groups attached to an aromatic ring is 1. The van der Waals surface area contributed by atoms with Crippen molar-refractivity contribution in [2.24, 2.45) is 0 Å². The highest BCUT2D eigenvalue weighted by Crippen LogP contribution is 2.29. The second kappa shape index (κ2) is 7.07. The van der Waals surface area contributed by atoms with E-state index in [1.807, 2.05) is 18.2 Å². The van der Waals surface area contributed by atoms with Crippen molar-refractivity contribution in [2.75, 3.05) is 11.1 Å². The molecule has 2 heterocycles. The van der Waals surface area contributed by atoms with Crippen molar-refractivity contribution in [3.05, 3.63) is 47.1 Å². The number of hydrogen-bond acceptors (Lipinski definition) is 5. The Hall–Kier alpha value is -1.66. The summed E-state index contributed by atoms with van der Waals surface area (Å²) in [6.07, 6.45) is 5.62. The molecule has 1 aliphatic carbocycles. The molecule has 3 aromatic rings. The predicted octanol–water partition coefficient (Wildman–Crippen LogP) is 4.69. The van der Waals surface area contributed by atoms with Gasteiger partial charge in [0.15, 0.2) is 5.13 Å². The molecule has 3 N–H and O–H groups in total. The zero-order valence-corrected chi connectivity index (χ0v) is 14.4. The van der Waals surface area contributed by atoms with Gasteiger partial charge in [0.1, 0.15) is 5.82 Å². The zero-order valence-electron chi connectivity index (χ0n) is 12.0. The molecule has 0 saturated heterocycles. The minimum Gasteiger partial charge on any atom is -0.383 e. The molecule has 0 spiro atoms. The number of para-hydroxylation sites is 1.